The number of aliphatic imine (C=N–C) groups is 1. The third-order valence-electron chi connectivity index (χ3n) is 4.50. The standard InChI is InChI=1S/C19H29N3O2/c1-2-20-19(21-10-6-11-24-16-9-12-23-14-16)22-18-13-17(18)15-7-4-3-5-8-15/h3-5,7-8,16-18H,2,6,9-14H2,1H3,(H2,20,21,22). The first-order valence-electron chi connectivity index (χ1n) is 9.16. The minimum atomic E-state index is 0.290. The van der Waals surface area contributed by atoms with Gasteiger partial charge in [0, 0.05) is 38.3 Å². The molecule has 1 aromatic rings. The molecule has 24 heavy (non-hydrogen) atoms. The van der Waals surface area contributed by atoms with Crippen molar-refractivity contribution in [3.63, 3.8) is 0 Å². The molecule has 2 N–H and O–H groups in total. The number of nitrogens with zero attached hydrogens (tertiary/aromatic N) is 1. The molecule has 0 aromatic heterocycles. The van der Waals surface area contributed by atoms with Crippen molar-refractivity contribution in [1.29, 1.82) is 0 Å². The van der Waals surface area contributed by atoms with Crippen LogP contribution in [0.1, 0.15) is 37.7 Å². The van der Waals surface area contributed by atoms with Crippen LogP contribution < -0.4 is 10.6 Å². The highest BCUT2D eigenvalue weighted by Gasteiger charge is 2.38. The van der Waals surface area contributed by atoms with Gasteiger partial charge in [0.05, 0.1) is 12.7 Å². The summed E-state index contributed by atoms with van der Waals surface area (Å²) in [4.78, 5) is 4.67. The highest BCUT2D eigenvalue weighted by Crippen LogP contribution is 2.40. The minimum absolute atomic E-state index is 0.290. The van der Waals surface area contributed by atoms with Crippen molar-refractivity contribution in [1.82, 2.24) is 10.6 Å². The van der Waals surface area contributed by atoms with E-state index in [4.69, 9.17) is 9.47 Å². The van der Waals surface area contributed by atoms with Gasteiger partial charge in [-0.15, -0.1) is 0 Å². The lowest BCUT2D eigenvalue weighted by Gasteiger charge is -2.12. The Morgan fingerprint density at radius 2 is 2.21 bits per heavy atom. The fraction of sp³-hybridized carbons (Fsp3) is 0.632. The van der Waals surface area contributed by atoms with Gasteiger partial charge in [0.15, 0.2) is 5.96 Å². The van der Waals surface area contributed by atoms with E-state index in [-0.39, 0.29) is 0 Å². The van der Waals surface area contributed by atoms with Crippen molar-refractivity contribution in [3.8, 4) is 0 Å². The van der Waals surface area contributed by atoms with Crippen LogP contribution in [0.25, 0.3) is 0 Å². The first-order chi connectivity index (χ1) is 11.9. The average molecular weight is 331 g/mol. The third kappa shape index (κ3) is 5.21. The summed E-state index contributed by atoms with van der Waals surface area (Å²) in [6.45, 7) is 6.10. The van der Waals surface area contributed by atoms with Gasteiger partial charge < -0.3 is 20.1 Å². The van der Waals surface area contributed by atoms with Gasteiger partial charge >= 0.3 is 0 Å². The molecule has 0 amide bonds. The number of benzene rings is 1. The number of ether oxygens (including phenoxy) is 2. The topological polar surface area (TPSA) is 54.9 Å². The Balaban J connectivity index is 1.38. The van der Waals surface area contributed by atoms with Gasteiger partial charge in [-0.1, -0.05) is 30.3 Å². The summed E-state index contributed by atoms with van der Waals surface area (Å²) in [7, 11) is 0. The Morgan fingerprint density at radius 3 is 2.96 bits per heavy atom. The smallest absolute Gasteiger partial charge is 0.191 e. The summed E-state index contributed by atoms with van der Waals surface area (Å²) in [6.07, 6.45) is 3.44. The summed E-state index contributed by atoms with van der Waals surface area (Å²) >= 11 is 0. The second-order valence-corrected chi connectivity index (χ2v) is 6.47. The summed E-state index contributed by atoms with van der Waals surface area (Å²) in [5.41, 5.74) is 1.41. The molecule has 3 unspecified atom stereocenters. The molecule has 2 fully saturated rings. The predicted molar refractivity (Wildman–Crippen MR) is 96.5 cm³/mol. The van der Waals surface area contributed by atoms with Gasteiger partial charge in [-0.05, 0) is 31.7 Å². The van der Waals surface area contributed by atoms with Crippen molar-refractivity contribution < 1.29 is 9.47 Å². The second kappa shape index (κ2) is 9.04. The lowest BCUT2D eigenvalue weighted by Crippen LogP contribution is -2.39. The molecular formula is C19H29N3O2. The quantitative estimate of drug-likeness (QED) is 0.436. The molecule has 0 bridgehead atoms. The molecule has 1 saturated carbocycles. The molecule has 0 radical (unpaired) electrons. The highest BCUT2D eigenvalue weighted by atomic mass is 16.5. The molecule has 132 valence electrons. The Bertz CT molecular complexity index is 515. The van der Waals surface area contributed by atoms with Crippen LogP contribution in [0.5, 0.6) is 0 Å². The second-order valence-electron chi connectivity index (χ2n) is 6.47. The van der Waals surface area contributed by atoms with Crippen LogP contribution in [0.2, 0.25) is 0 Å². The summed E-state index contributed by atoms with van der Waals surface area (Å²) in [5, 5.41) is 6.89. The minimum Gasteiger partial charge on any atom is -0.379 e. The van der Waals surface area contributed by atoms with Gasteiger partial charge in [0.25, 0.3) is 0 Å². The SMILES string of the molecule is CCNC(=NCCCOC1CCOC1)NC1CC1c1ccccc1. The van der Waals surface area contributed by atoms with E-state index in [0.717, 1.165) is 51.7 Å². The van der Waals surface area contributed by atoms with Crippen molar-refractivity contribution in [3.05, 3.63) is 35.9 Å². The van der Waals surface area contributed by atoms with Crippen LogP contribution in [-0.2, 0) is 9.47 Å². The molecule has 5 heteroatoms. The predicted octanol–water partition coefficient (Wildman–Crippen LogP) is 2.29. The Kier molecular flexibility index (Phi) is 6.49. The monoisotopic (exact) mass is 331 g/mol. The average Bonchev–Trinajstić information content (AvgIpc) is 3.17. The van der Waals surface area contributed by atoms with Gasteiger partial charge in [0.1, 0.15) is 0 Å². The van der Waals surface area contributed by atoms with E-state index in [2.05, 4.69) is 52.9 Å². The zero-order chi connectivity index (χ0) is 16.6. The molecule has 1 saturated heterocycles. The fourth-order valence-corrected chi connectivity index (χ4v) is 3.07. The zero-order valence-electron chi connectivity index (χ0n) is 14.5. The lowest BCUT2D eigenvalue weighted by molar-refractivity contribution is 0.0424. The van der Waals surface area contributed by atoms with Crippen LogP contribution in [0.3, 0.4) is 0 Å². The molecule has 3 atom stereocenters. The maximum Gasteiger partial charge on any atom is 0.191 e. The van der Waals surface area contributed by atoms with E-state index < -0.39 is 0 Å². The summed E-state index contributed by atoms with van der Waals surface area (Å²) in [6, 6.07) is 11.2. The molecule has 5 nitrogen and oxygen atoms in total. The summed E-state index contributed by atoms with van der Waals surface area (Å²) < 4.78 is 11.1. The normalized spacial score (nSPS) is 26.4. The zero-order valence-corrected chi connectivity index (χ0v) is 14.5. The van der Waals surface area contributed by atoms with Gasteiger partial charge in [-0.25, -0.2) is 0 Å². The maximum absolute atomic E-state index is 5.78. The number of rotatable bonds is 8. The van der Waals surface area contributed by atoms with Crippen LogP contribution in [-0.4, -0.2) is 51.0 Å². The number of guanidine groups is 1. The van der Waals surface area contributed by atoms with Crippen molar-refractivity contribution >= 4 is 5.96 Å². The van der Waals surface area contributed by atoms with Crippen molar-refractivity contribution in [2.75, 3.05) is 32.9 Å². The number of hydrogen-bond donors (Lipinski definition) is 2. The Morgan fingerprint density at radius 1 is 1.33 bits per heavy atom. The van der Waals surface area contributed by atoms with E-state index in [1.54, 1.807) is 0 Å². The molecule has 1 aliphatic heterocycles. The Labute approximate surface area is 144 Å². The van der Waals surface area contributed by atoms with Crippen molar-refractivity contribution in [2.45, 2.75) is 44.2 Å². The van der Waals surface area contributed by atoms with Crippen molar-refractivity contribution in [2.24, 2.45) is 4.99 Å². The molecule has 1 aromatic carbocycles. The van der Waals surface area contributed by atoms with Gasteiger partial charge in [-0.3, -0.25) is 4.99 Å². The first kappa shape index (κ1) is 17.2. The fourth-order valence-electron chi connectivity index (χ4n) is 3.07. The molecule has 1 aliphatic carbocycles. The van der Waals surface area contributed by atoms with Crippen LogP contribution in [0, 0.1) is 0 Å². The van der Waals surface area contributed by atoms with E-state index in [1.165, 1.54) is 12.0 Å². The molecule has 1 heterocycles. The maximum atomic E-state index is 5.78. The largest absolute Gasteiger partial charge is 0.379 e. The van der Waals surface area contributed by atoms with E-state index >= 15 is 0 Å². The molecule has 0 spiro atoms. The highest BCUT2D eigenvalue weighted by molar-refractivity contribution is 5.80. The van der Waals surface area contributed by atoms with Crippen LogP contribution >= 0.6 is 0 Å². The van der Waals surface area contributed by atoms with E-state index in [1.807, 2.05) is 0 Å². The van der Waals surface area contributed by atoms with Gasteiger partial charge in [-0.2, -0.15) is 0 Å². The van der Waals surface area contributed by atoms with Gasteiger partial charge in [0.2, 0.25) is 0 Å². The molecule has 2 aliphatic rings. The summed E-state index contributed by atoms with van der Waals surface area (Å²) in [5.74, 6) is 1.53. The third-order valence-corrected chi connectivity index (χ3v) is 4.50. The van der Waals surface area contributed by atoms with E-state index in [0.29, 0.717) is 18.1 Å². The number of nitrogens with one attached hydrogen (secondary N) is 2. The molecular weight excluding hydrogens is 302 g/mol. The first-order valence-corrected chi connectivity index (χ1v) is 9.16. The van der Waals surface area contributed by atoms with Crippen LogP contribution in [0.4, 0.5) is 0 Å². The Hall–Kier alpha value is -1.59. The lowest BCUT2D eigenvalue weighted by atomic mass is 10.1. The van der Waals surface area contributed by atoms with E-state index in [9.17, 15) is 0 Å². The molecule has 3 rings (SSSR count). The number of hydrogen-bond acceptors (Lipinski definition) is 3. The van der Waals surface area contributed by atoms with Crippen LogP contribution in [0.15, 0.2) is 35.3 Å².